The number of anilines is 1. The number of carbonyl (C=O) groups excluding carboxylic acids is 1. The van der Waals surface area contributed by atoms with Gasteiger partial charge in [0.05, 0.1) is 11.0 Å². The normalized spacial score (nSPS) is 20.5. The molecule has 0 unspecified atom stereocenters. The van der Waals surface area contributed by atoms with Gasteiger partial charge in [0.25, 0.3) is 11.6 Å². The van der Waals surface area contributed by atoms with E-state index >= 15 is 0 Å². The molecule has 1 aromatic rings. The van der Waals surface area contributed by atoms with Crippen molar-refractivity contribution < 1.29 is 14.8 Å². The van der Waals surface area contributed by atoms with E-state index in [0.717, 1.165) is 0 Å². The van der Waals surface area contributed by atoms with Gasteiger partial charge in [0.1, 0.15) is 5.69 Å². The predicted molar refractivity (Wildman–Crippen MR) is 78.3 cm³/mol. The summed E-state index contributed by atoms with van der Waals surface area (Å²) in [6.45, 7) is 0.553. The van der Waals surface area contributed by atoms with Gasteiger partial charge in [0.2, 0.25) is 0 Å². The summed E-state index contributed by atoms with van der Waals surface area (Å²) in [7, 11) is 3.26. The molecule has 0 radical (unpaired) electrons. The van der Waals surface area contributed by atoms with Crippen LogP contribution < -0.4 is 5.32 Å². The van der Waals surface area contributed by atoms with Gasteiger partial charge in [0.15, 0.2) is 0 Å². The highest BCUT2D eigenvalue weighted by Gasteiger charge is 2.27. The highest BCUT2D eigenvalue weighted by molar-refractivity contribution is 5.95. The molecule has 0 saturated heterocycles. The van der Waals surface area contributed by atoms with Crippen LogP contribution in [-0.4, -0.2) is 47.6 Å². The van der Waals surface area contributed by atoms with E-state index < -0.39 is 4.92 Å². The number of amides is 1. The number of aliphatic hydroxyl groups excluding tert-OH is 1. The lowest BCUT2D eigenvalue weighted by molar-refractivity contribution is -0.384. The minimum absolute atomic E-state index is 0.0508. The van der Waals surface area contributed by atoms with E-state index in [1.165, 1.54) is 23.1 Å². The van der Waals surface area contributed by atoms with E-state index in [9.17, 15) is 20.0 Å². The Kier molecular flexibility index (Phi) is 4.42. The van der Waals surface area contributed by atoms with E-state index in [1.807, 2.05) is 0 Å². The Labute approximate surface area is 122 Å². The molecule has 21 heavy (non-hydrogen) atoms. The average Bonchev–Trinajstić information content (AvgIpc) is 2.40. The van der Waals surface area contributed by atoms with Crippen molar-refractivity contribution in [2.24, 2.45) is 5.92 Å². The van der Waals surface area contributed by atoms with Crippen LogP contribution >= 0.6 is 0 Å². The van der Waals surface area contributed by atoms with Gasteiger partial charge < -0.3 is 15.3 Å². The lowest BCUT2D eigenvalue weighted by Crippen LogP contribution is -2.33. The first-order chi connectivity index (χ1) is 9.88. The van der Waals surface area contributed by atoms with Crippen LogP contribution in [0.3, 0.4) is 0 Å². The molecule has 1 fully saturated rings. The zero-order valence-corrected chi connectivity index (χ0v) is 12.1. The molecule has 0 heterocycles. The molecular formula is C14H19N3O4. The van der Waals surface area contributed by atoms with Crippen molar-refractivity contribution in [3.8, 4) is 0 Å². The van der Waals surface area contributed by atoms with Gasteiger partial charge in [-0.2, -0.15) is 0 Å². The maximum Gasteiger partial charge on any atom is 0.292 e. The van der Waals surface area contributed by atoms with Crippen LogP contribution in [-0.2, 0) is 0 Å². The summed E-state index contributed by atoms with van der Waals surface area (Å²) in [6.07, 6.45) is 1.15. The molecule has 0 aromatic heterocycles. The summed E-state index contributed by atoms with van der Waals surface area (Å²) in [5, 5.41) is 23.3. The van der Waals surface area contributed by atoms with E-state index in [4.69, 9.17) is 0 Å². The van der Waals surface area contributed by atoms with Gasteiger partial charge in [-0.05, 0) is 30.9 Å². The summed E-state index contributed by atoms with van der Waals surface area (Å²) in [4.78, 5) is 23.9. The first-order valence-electron chi connectivity index (χ1n) is 6.80. The summed E-state index contributed by atoms with van der Waals surface area (Å²) in [5.41, 5.74) is 0.695. The van der Waals surface area contributed by atoms with E-state index in [-0.39, 0.29) is 17.7 Å². The van der Waals surface area contributed by atoms with Crippen LogP contribution in [0.15, 0.2) is 18.2 Å². The Morgan fingerprint density at radius 1 is 1.48 bits per heavy atom. The number of benzene rings is 1. The average molecular weight is 293 g/mol. The number of nitro groups is 1. The largest absolute Gasteiger partial charge is 0.393 e. The fraction of sp³-hybridized carbons (Fsp3) is 0.500. The zero-order valence-electron chi connectivity index (χ0n) is 12.1. The maximum atomic E-state index is 11.9. The monoisotopic (exact) mass is 293 g/mol. The summed E-state index contributed by atoms with van der Waals surface area (Å²) >= 11 is 0. The van der Waals surface area contributed by atoms with Gasteiger partial charge in [-0.1, -0.05) is 0 Å². The van der Waals surface area contributed by atoms with Gasteiger partial charge in [-0.3, -0.25) is 14.9 Å². The van der Waals surface area contributed by atoms with Crippen LogP contribution in [0.25, 0.3) is 0 Å². The van der Waals surface area contributed by atoms with E-state index in [2.05, 4.69) is 5.32 Å². The lowest BCUT2D eigenvalue weighted by atomic mass is 9.82. The quantitative estimate of drug-likeness (QED) is 0.633. The van der Waals surface area contributed by atoms with Crippen molar-refractivity contribution in [1.82, 2.24) is 4.90 Å². The number of aliphatic hydroxyl groups is 1. The number of nitrogens with one attached hydrogen (secondary N) is 1. The first-order valence-corrected chi connectivity index (χ1v) is 6.80. The summed E-state index contributed by atoms with van der Waals surface area (Å²) < 4.78 is 0. The molecule has 2 rings (SSSR count). The van der Waals surface area contributed by atoms with Crippen molar-refractivity contribution in [3.05, 3.63) is 33.9 Å². The van der Waals surface area contributed by atoms with Gasteiger partial charge >= 0.3 is 0 Å². The fourth-order valence-electron chi connectivity index (χ4n) is 2.35. The highest BCUT2D eigenvalue weighted by Crippen LogP contribution is 2.30. The van der Waals surface area contributed by atoms with E-state index in [1.54, 1.807) is 14.1 Å². The van der Waals surface area contributed by atoms with Crippen LogP contribution in [0.2, 0.25) is 0 Å². The number of carbonyl (C=O) groups is 1. The standard InChI is InChI=1S/C14H19N3O4/c1-16(2)14(19)10-3-4-13(17(20)21)12(7-10)15-8-9-5-11(18)6-9/h3-4,7,9,11,15,18H,5-6,8H2,1-2H3. The lowest BCUT2D eigenvalue weighted by Gasteiger charge is -2.31. The Morgan fingerprint density at radius 3 is 2.67 bits per heavy atom. The van der Waals surface area contributed by atoms with Crippen molar-refractivity contribution in [1.29, 1.82) is 0 Å². The third kappa shape index (κ3) is 3.49. The fourth-order valence-corrected chi connectivity index (χ4v) is 2.35. The Hall–Kier alpha value is -2.15. The third-order valence-electron chi connectivity index (χ3n) is 3.64. The molecule has 0 spiro atoms. The van der Waals surface area contributed by atoms with Crippen molar-refractivity contribution >= 4 is 17.3 Å². The van der Waals surface area contributed by atoms with E-state index in [0.29, 0.717) is 36.6 Å². The second-order valence-corrected chi connectivity index (χ2v) is 5.56. The summed E-state index contributed by atoms with van der Waals surface area (Å²) in [6, 6.07) is 4.31. The molecule has 1 saturated carbocycles. The number of rotatable bonds is 5. The minimum atomic E-state index is -0.470. The van der Waals surface area contributed by atoms with Gasteiger partial charge in [0, 0.05) is 32.3 Å². The molecule has 114 valence electrons. The van der Waals surface area contributed by atoms with Crippen molar-refractivity contribution in [2.75, 3.05) is 26.0 Å². The second kappa shape index (κ2) is 6.09. The Bertz CT molecular complexity index is 553. The van der Waals surface area contributed by atoms with Crippen LogP contribution in [0.4, 0.5) is 11.4 Å². The highest BCUT2D eigenvalue weighted by atomic mass is 16.6. The molecule has 1 aliphatic carbocycles. The number of nitro benzene ring substituents is 1. The number of hydrogen-bond acceptors (Lipinski definition) is 5. The Morgan fingerprint density at radius 2 is 2.14 bits per heavy atom. The Balaban J connectivity index is 2.16. The zero-order chi connectivity index (χ0) is 15.6. The van der Waals surface area contributed by atoms with Crippen LogP contribution in [0.1, 0.15) is 23.2 Å². The molecule has 1 aromatic carbocycles. The van der Waals surface area contributed by atoms with Gasteiger partial charge in [-0.15, -0.1) is 0 Å². The topological polar surface area (TPSA) is 95.7 Å². The molecule has 1 amide bonds. The second-order valence-electron chi connectivity index (χ2n) is 5.56. The predicted octanol–water partition coefficient (Wildman–Crippen LogP) is 1.48. The van der Waals surface area contributed by atoms with Crippen LogP contribution in [0, 0.1) is 16.0 Å². The van der Waals surface area contributed by atoms with Crippen LogP contribution in [0.5, 0.6) is 0 Å². The van der Waals surface area contributed by atoms with Crippen molar-refractivity contribution in [3.63, 3.8) is 0 Å². The smallest absolute Gasteiger partial charge is 0.292 e. The molecule has 0 aliphatic heterocycles. The summed E-state index contributed by atoms with van der Waals surface area (Å²) in [5.74, 6) is 0.111. The number of hydrogen-bond donors (Lipinski definition) is 2. The van der Waals surface area contributed by atoms with Crippen molar-refractivity contribution in [2.45, 2.75) is 18.9 Å². The molecule has 0 atom stereocenters. The molecule has 1 aliphatic rings. The minimum Gasteiger partial charge on any atom is -0.393 e. The molecule has 2 N–H and O–H groups in total. The molecular weight excluding hydrogens is 274 g/mol. The molecule has 0 bridgehead atoms. The molecule has 7 nitrogen and oxygen atoms in total. The first kappa shape index (κ1) is 15.2. The molecule has 7 heteroatoms. The maximum absolute atomic E-state index is 11.9. The van der Waals surface area contributed by atoms with Gasteiger partial charge in [-0.25, -0.2) is 0 Å². The SMILES string of the molecule is CN(C)C(=O)c1ccc([N+](=O)[O-])c(NCC2CC(O)C2)c1. The number of nitrogens with zero attached hydrogens (tertiary/aromatic N) is 2. The third-order valence-corrected chi connectivity index (χ3v) is 3.64.